The van der Waals surface area contributed by atoms with E-state index in [1.807, 2.05) is 0 Å². The van der Waals surface area contributed by atoms with Gasteiger partial charge in [0.2, 0.25) is 5.95 Å². The van der Waals surface area contributed by atoms with E-state index >= 15 is 0 Å². The van der Waals surface area contributed by atoms with E-state index in [0.717, 1.165) is 6.07 Å². The van der Waals surface area contributed by atoms with Crippen molar-refractivity contribution in [2.45, 2.75) is 0 Å². The van der Waals surface area contributed by atoms with Crippen LogP contribution >= 0.6 is 23.2 Å². The molecule has 0 atom stereocenters. The molecule has 0 aliphatic heterocycles. The number of hydrogen-bond acceptors (Lipinski definition) is 5. The molecule has 1 aromatic carbocycles. The first-order valence-electron chi connectivity index (χ1n) is 5.21. The van der Waals surface area contributed by atoms with E-state index in [4.69, 9.17) is 23.2 Å². The summed E-state index contributed by atoms with van der Waals surface area (Å²) in [6, 6.07) is 5.15. The number of rotatable bonds is 3. The summed E-state index contributed by atoms with van der Waals surface area (Å²) in [5, 5.41) is 13.5. The summed E-state index contributed by atoms with van der Waals surface area (Å²) in [7, 11) is 0. The summed E-state index contributed by atoms with van der Waals surface area (Å²) in [5.74, 6) is -0.776. The fraction of sp³-hybridized carbons (Fsp3) is 0. The number of nitrogens with zero attached hydrogens (tertiary/aromatic N) is 3. The number of nitro groups is 1. The predicted molar refractivity (Wildman–Crippen MR) is 73.1 cm³/mol. The molecule has 0 saturated carbocycles. The topological polar surface area (TPSA) is 98.0 Å². The molecule has 0 saturated heterocycles. The highest BCUT2D eigenvalue weighted by Gasteiger charge is 2.21. The van der Waals surface area contributed by atoms with Gasteiger partial charge in [-0.1, -0.05) is 23.2 Å². The van der Waals surface area contributed by atoms with Gasteiger partial charge >= 0.3 is 0 Å². The van der Waals surface area contributed by atoms with Crippen LogP contribution in [0.15, 0.2) is 30.5 Å². The third kappa shape index (κ3) is 3.19. The van der Waals surface area contributed by atoms with Gasteiger partial charge in [-0.15, -0.1) is 0 Å². The lowest BCUT2D eigenvalue weighted by Crippen LogP contribution is -2.15. The molecule has 1 aromatic heterocycles. The zero-order valence-electron chi connectivity index (χ0n) is 9.71. The predicted octanol–water partition coefficient (Wildman–Crippen LogP) is 2.94. The van der Waals surface area contributed by atoms with Crippen LogP contribution in [0.4, 0.5) is 11.6 Å². The van der Waals surface area contributed by atoms with E-state index in [9.17, 15) is 14.9 Å². The third-order valence-corrected chi connectivity index (χ3v) is 2.69. The number of nitro benzene ring substituents is 1. The second-order valence-corrected chi connectivity index (χ2v) is 4.40. The number of anilines is 1. The average Bonchev–Trinajstić information content (AvgIpc) is 2.38. The third-order valence-electron chi connectivity index (χ3n) is 2.25. The molecule has 9 heteroatoms. The molecule has 0 unspecified atom stereocenters. The zero-order chi connectivity index (χ0) is 14.7. The van der Waals surface area contributed by atoms with Crippen LogP contribution in [0.5, 0.6) is 0 Å². The van der Waals surface area contributed by atoms with Gasteiger partial charge in [0.15, 0.2) is 0 Å². The van der Waals surface area contributed by atoms with Crippen LogP contribution < -0.4 is 5.32 Å². The fourth-order valence-corrected chi connectivity index (χ4v) is 1.72. The summed E-state index contributed by atoms with van der Waals surface area (Å²) < 4.78 is 0. The highest BCUT2D eigenvalue weighted by atomic mass is 35.5. The zero-order valence-corrected chi connectivity index (χ0v) is 11.2. The van der Waals surface area contributed by atoms with Gasteiger partial charge in [-0.2, -0.15) is 0 Å². The Hall–Kier alpha value is -2.25. The molecule has 102 valence electrons. The Morgan fingerprint density at radius 3 is 2.70 bits per heavy atom. The number of hydrogen-bond donors (Lipinski definition) is 1. The minimum atomic E-state index is -0.726. The lowest BCUT2D eigenvalue weighted by Gasteiger charge is -2.04. The first-order chi connectivity index (χ1) is 9.47. The Morgan fingerprint density at radius 2 is 2.05 bits per heavy atom. The standard InChI is InChI=1S/C11H6Cl2N4O3/c12-6-1-2-7(8(5-6)17(19)20)10(18)16-11-14-4-3-9(13)15-11/h1-5H,(H,14,15,16,18). The lowest BCUT2D eigenvalue weighted by molar-refractivity contribution is -0.385. The molecule has 0 bridgehead atoms. The van der Waals surface area contributed by atoms with Gasteiger partial charge in [0.05, 0.1) is 4.92 Å². The molecule has 20 heavy (non-hydrogen) atoms. The van der Waals surface area contributed by atoms with Crippen molar-refractivity contribution in [3.8, 4) is 0 Å². The van der Waals surface area contributed by atoms with Crippen molar-refractivity contribution in [2.75, 3.05) is 5.32 Å². The molecule has 0 radical (unpaired) electrons. The molecule has 0 aliphatic carbocycles. The van der Waals surface area contributed by atoms with Gasteiger partial charge in [-0.3, -0.25) is 20.2 Å². The second-order valence-electron chi connectivity index (χ2n) is 3.58. The molecule has 2 aromatic rings. The van der Waals surface area contributed by atoms with Crippen LogP contribution in [0, 0.1) is 10.1 Å². The number of carbonyl (C=O) groups is 1. The largest absolute Gasteiger partial charge is 0.290 e. The average molecular weight is 313 g/mol. The SMILES string of the molecule is O=C(Nc1nccc(Cl)n1)c1ccc(Cl)cc1[N+](=O)[O-]. The van der Waals surface area contributed by atoms with Gasteiger partial charge in [0, 0.05) is 17.3 Å². The molecular weight excluding hydrogens is 307 g/mol. The minimum absolute atomic E-state index is 0.0493. The van der Waals surface area contributed by atoms with Gasteiger partial charge in [0.1, 0.15) is 10.7 Å². The highest BCUT2D eigenvalue weighted by Crippen LogP contribution is 2.23. The summed E-state index contributed by atoms with van der Waals surface area (Å²) in [4.78, 5) is 29.7. The van der Waals surface area contributed by atoms with Crippen molar-refractivity contribution in [3.63, 3.8) is 0 Å². The van der Waals surface area contributed by atoms with E-state index in [1.165, 1.54) is 24.4 Å². The second kappa shape index (κ2) is 5.81. The molecule has 1 N–H and O–H groups in total. The number of halogens is 2. The van der Waals surface area contributed by atoms with Crippen LogP contribution in [0.1, 0.15) is 10.4 Å². The van der Waals surface area contributed by atoms with Gasteiger partial charge in [-0.05, 0) is 18.2 Å². The van der Waals surface area contributed by atoms with Crippen LogP contribution in [0.25, 0.3) is 0 Å². The molecule has 2 rings (SSSR count). The van der Waals surface area contributed by atoms with Crippen LogP contribution in [-0.4, -0.2) is 20.8 Å². The molecule has 0 spiro atoms. The maximum absolute atomic E-state index is 12.0. The van der Waals surface area contributed by atoms with Crippen LogP contribution in [-0.2, 0) is 0 Å². The molecule has 7 nitrogen and oxygen atoms in total. The van der Waals surface area contributed by atoms with E-state index in [2.05, 4.69) is 15.3 Å². The summed E-state index contributed by atoms with van der Waals surface area (Å²) in [6.45, 7) is 0. The number of benzene rings is 1. The van der Waals surface area contributed by atoms with Crippen molar-refractivity contribution in [1.29, 1.82) is 0 Å². The quantitative estimate of drug-likeness (QED) is 0.533. The van der Waals surface area contributed by atoms with E-state index in [0.29, 0.717) is 0 Å². The number of amides is 1. The maximum Gasteiger partial charge on any atom is 0.283 e. The lowest BCUT2D eigenvalue weighted by atomic mass is 10.1. The van der Waals surface area contributed by atoms with Crippen molar-refractivity contribution in [2.24, 2.45) is 0 Å². The Labute approximate surface area is 122 Å². The maximum atomic E-state index is 12.0. The van der Waals surface area contributed by atoms with E-state index in [1.54, 1.807) is 0 Å². The Balaban J connectivity index is 2.32. The molecule has 1 heterocycles. The highest BCUT2D eigenvalue weighted by molar-refractivity contribution is 6.31. The van der Waals surface area contributed by atoms with Gasteiger partial charge < -0.3 is 0 Å². The van der Waals surface area contributed by atoms with Crippen molar-refractivity contribution in [1.82, 2.24) is 9.97 Å². The summed E-state index contributed by atoms with van der Waals surface area (Å²) >= 11 is 11.3. The first-order valence-corrected chi connectivity index (χ1v) is 5.97. The monoisotopic (exact) mass is 312 g/mol. The van der Waals surface area contributed by atoms with Gasteiger partial charge in [0.25, 0.3) is 11.6 Å². The van der Waals surface area contributed by atoms with Crippen molar-refractivity contribution >= 4 is 40.7 Å². The Morgan fingerprint density at radius 1 is 1.30 bits per heavy atom. The summed E-state index contributed by atoms with van der Waals surface area (Å²) in [5.41, 5.74) is -0.556. The van der Waals surface area contributed by atoms with Crippen molar-refractivity contribution in [3.05, 3.63) is 56.3 Å². The van der Waals surface area contributed by atoms with Crippen LogP contribution in [0.3, 0.4) is 0 Å². The Bertz CT molecular complexity index is 693. The summed E-state index contributed by atoms with van der Waals surface area (Å²) in [6.07, 6.45) is 1.35. The minimum Gasteiger partial charge on any atom is -0.290 e. The molecular formula is C11H6Cl2N4O3. The number of nitrogens with one attached hydrogen (secondary N) is 1. The number of carbonyl (C=O) groups excluding carboxylic acids is 1. The van der Waals surface area contributed by atoms with Gasteiger partial charge in [-0.25, -0.2) is 9.97 Å². The number of aromatic nitrogens is 2. The normalized spacial score (nSPS) is 10.1. The smallest absolute Gasteiger partial charge is 0.283 e. The Kier molecular flexibility index (Phi) is 4.11. The fourth-order valence-electron chi connectivity index (χ4n) is 1.41. The molecule has 0 fully saturated rings. The van der Waals surface area contributed by atoms with E-state index in [-0.39, 0.29) is 21.7 Å². The van der Waals surface area contributed by atoms with Crippen molar-refractivity contribution < 1.29 is 9.72 Å². The first kappa shape index (κ1) is 14.2. The molecule has 0 aliphatic rings. The van der Waals surface area contributed by atoms with E-state index < -0.39 is 16.5 Å². The van der Waals surface area contributed by atoms with Crippen LogP contribution in [0.2, 0.25) is 10.2 Å². The molecule has 1 amide bonds.